The van der Waals surface area contributed by atoms with Crippen LogP contribution in [0.4, 0.5) is 5.69 Å². The summed E-state index contributed by atoms with van der Waals surface area (Å²) in [4.78, 5) is 12.1. The first kappa shape index (κ1) is 15.5. The number of carbonyl (C=O) groups is 1. The number of hydrogen-bond donors (Lipinski definition) is 1. The lowest BCUT2D eigenvalue weighted by molar-refractivity contribution is 0.101. The predicted molar refractivity (Wildman–Crippen MR) is 80.0 cm³/mol. The molecule has 0 saturated carbocycles. The van der Waals surface area contributed by atoms with E-state index in [2.05, 4.69) is 10.4 Å². The molecule has 0 aliphatic carbocycles. The van der Waals surface area contributed by atoms with Crippen molar-refractivity contribution in [2.24, 2.45) is 7.05 Å². The van der Waals surface area contributed by atoms with Gasteiger partial charge in [-0.2, -0.15) is 5.10 Å². The second-order valence-corrected chi connectivity index (χ2v) is 6.98. The van der Waals surface area contributed by atoms with Crippen molar-refractivity contribution in [1.29, 1.82) is 0 Å². The van der Waals surface area contributed by atoms with E-state index in [9.17, 15) is 13.2 Å². The zero-order chi connectivity index (χ0) is 15.6. The van der Waals surface area contributed by atoms with E-state index >= 15 is 0 Å². The zero-order valence-electron chi connectivity index (χ0n) is 11.5. The molecule has 0 atom stereocenters. The van der Waals surface area contributed by atoms with E-state index in [1.165, 1.54) is 28.9 Å². The van der Waals surface area contributed by atoms with Crippen molar-refractivity contribution in [3.63, 3.8) is 0 Å². The van der Waals surface area contributed by atoms with Gasteiger partial charge in [-0.05, 0) is 36.8 Å². The number of aryl methyl sites for hydroxylation is 2. The molecule has 0 aliphatic heterocycles. The van der Waals surface area contributed by atoms with Crippen molar-refractivity contribution in [3.8, 4) is 0 Å². The molecule has 0 radical (unpaired) electrons. The quantitative estimate of drug-likeness (QED) is 0.872. The van der Waals surface area contributed by atoms with Crippen LogP contribution in [0.1, 0.15) is 23.1 Å². The maximum Gasteiger partial charge on any atom is 0.273 e. The van der Waals surface area contributed by atoms with Gasteiger partial charge in [0.1, 0.15) is 5.69 Å². The highest BCUT2D eigenvalue weighted by Gasteiger charge is 2.14. The third-order valence-corrected chi connectivity index (χ3v) is 4.29. The van der Waals surface area contributed by atoms with Gasteiger partial charge in [-0.1, -0.05) is 6.92 Å². The van der Waals surface area contributed by atoms with Crippen LogP contribution in [0.25, 0.3) is 0 Å². The molecule has 1 amide bonds. The number of aromatic nitrogens is 2. The maximum atomic E-state index is 12.1. The van der Waals surface area contributed by atoms with Crippen molar-refractivity contribution in [3.05, 3.63) is 41.7 Å². The topological polar surface area (TPSA) is 81.1 Å². The molecule has 0 unspecified atom stereocenters. The van der Waals surface area contributed by atoms with E-state index in [-0.39, 0.29) is 10.8 Å². The van der Waals surface area contributed by atoms with Crippen LogP contribution in [0.5, 0.6) is 0 Å². The highest BCUT2D eigenvalue weighted by molar-refractivity contribution is 8.13. The number of benzene rings is 1. The standard InChI is InChI=1S/C13H14ClN3O3S/c1-3-9-8-12(17(2)16-9)13(18)15-10-4-6-11(7-5-10)21(14,19)20/h4-8H,3H2,1-2H3,(H,15,18). The largest absolute Gasteiger partial charge is 0.321 e. The molecule has 0 saturated heterocycles. The minimum absolute atomic E-state index is 0.0176. The van der Waals surface area contributed by atoms with Gasteiger partial charge in [0, 0.05) is 23.4 Å². The summed E-state index contributed by atoms with van der Waals surface area (Å²) < 4.78 is 23.8. The van der Waals surface area contributed by atoms with Gasteiger partial charge in [-0.15, -0.1) is 0 Å². The Morgan fingerprint density at radius 1 is 1.33 bits per heavy atom. The summed E-state index contributed by atoms with van der Waals surface area (Å²) >= 11 is 0. The lowest BCUT2D eigenvalue weighted by Crippen LogP contribution is -2.16. The summed E-state index contributed by atoms with van der Waals surface area (Å²) in [7, 11) is 3.16. The van der Waals surface area contributed by atoms with Crippen LogP contribution in [-0.2, 0) is 22.5 Å². The van der Waals surface area contributed by atoms with E-state index in [4.69, 9.17) is 10.7 Å². The van der Waals surface area contributed by atoms with Gasteiger partial charge in [0.05, 0.1) is 10.6 Å². The molecule has 0 fully saturated rings. The summed E-state index contributed by atoms with van der Waals surface area (Å²) in [5.74, 6) is -0.314. The third kappa shape index (κ3) is 3.62. The minimum Gasteiger partial charge on any atom is -0.321 e. The molecule has 0 spiro atoms. The van der Waals surface area contributed by atoms with E-state index < -0.39 is 9.05 Å². The lowest BCUT2D eigenvalue weighted by atomic mass is 10.2. The zero-order valence-corrected chi connectivity index (χ0v) is 13.1. The Morgan fingerprint density at radius 2 is 1.95 bits per heavy atom. The Morgan fingerprint density at radius 3 is 2.43 bits per heavy atom. The average Bonchev–Trinajstić information content (AvgIpc) is 2.80. The van der Waals surface area contributed by atoms with Gasteiger partial charge in [0.2, 0.25) is 0 Å². The number of rotatable bonds is 4. The fourth-order valence-electron chi connectivity index (χ4n) is 1.81. The third-order valence-electron chi connectivity index (χ3n) is 2.92. The molecule has 0 aliphatic rings. The predicted octanol–water partition coefficient (Wildman–Crippen LogP) is 2.16. The molecule has 1 heterocycles. The Hall–Kier alpha value is -1.86. The van der Waals surface area contributed by atoms with Crippen LogP contribution in [0.2, 0.25) is 0 Å². The number of amides is 1. The molecule has 0 bridgehead atoms. The second kappa shape index (κ2) is 5.87. The molecular weight excluding hydrogens is 314 g/mol. The van der Waals surface area contributed by atoms with Crippen LogP contribution in [0.3, 0.4) is 0 Å². The van der Waals surface area contributed by atoms with Gasteiger partial charge in [-0.25, -0.2) is 8.42 Å². The summed E-state index contributed by atoms with van der Waals surface area (Å²) in [6.45, 7) is 1.95. The number of nitrogens with one attached hydrogen (secondary N) is 1. The summed E-state index contributed by atoms with van der Waals surface area (Å²) in [5.41, 5.74) is 1.73. The fourth-order valence-corrected chi connectivity index (χ4v) is 2.58. The SMILES string of the molecule is CCc1cc(C(=O)Nc2ccc(S(=O)(=O)Cl)cc2)n(C)n1. The van der Waals surface area contributed by atoms with Crippen molar-refractivity contribution in [1.82, 2.24) is 9.78 Å². The first-order chi connectivity index (χ1) is 9.81. The summed E-state index contributed by atoms with van der Waals surface area (Å²) in [6, 6.07) is 7.33. The van der Waals surface area contributed by atoms with Crippen LogP contribution in [0.15, 0.2) is 35.2 Å². The molecular formula is C13H14ClN3O3S. The second-order valence-electron chi connectivity index (χ2n) is 4.41. The monoisotopic (exact) mass is 327 g/mol. The first-order valence-corrected chi connectivity index (χ1v) is 8.51. The normalized spacial score (nSPS) is 11.4. The van der Waals surface area contributed by atoms with Gasteiger partial charge in [0.25, 0.3) is 15.0 Å². The number of hydrogen-bond acceptors (Lipinski definition) is 4. The smallest absolute Gasteiger partial charge is 0.273 e. The molecule has 1 aromatic heterocycles. The highest BCUT2D eigenvalue weighted by atomic mass is 35.7. The Balaban J connectivity index is 2.18. The van der Waals surface area contributed by atoms with E-state index in [0.717, 1.165) is 12.1 Å². The molecule has 1 aromatic carbocycles. The Labute approximate surface area is 127 Å². The van der Waals surface area contributed by atoms with E-state index in [1.807, 2.05) is 6.92 Å². The number of anilines is 1. The van der Waals surface area contributed by atoms with Crippen LogP contribution >= 0.6 is 10.7 Å². The highest BCUT2D eigenvalue weighted by Crippen LogP contribution is 2.18. The fraction of sp³-hybridized carbons (Fsp3) is 0.231. The van der Waals surface area contributed by atoms with E-state index in [0.29, 0.717) is 11.4 Å². The molecule has 6 nitrogen and oxygen atoms in total. The lowest BCUT2D eigenvalue weighted by Gasteiger charge is -2.05. The number of nitrogens with zero attached hydrogens (tertiary/aromatic N) is 2. The van der Waals surface area contributed by atoms with Crippen molar-refractivity contribution in [2.45, 2.75) is 18.2 Å². The van der Waals surface area contributed by atoms with Crippen molar-refractivity contribution in [2.75, 3.05) is 5.32 Å². The van der Waals surface area contributed by atoms with Gasteiger partial charge in [0.15, 0.2) is 0 Å². The molecule has 1 N–H and O–H groups in total. The Bertz CT molecular complexity index is 766. The van der Waals surface area contributed by atoms with Crippen LogP contribution in [0, 0.1) is 0 Å². The first-order valence-electron chi connectivity index (χ1n) is 6.20. The molecule has 2 rings (SSSR count). The average molecular weight is 328 g/mol. The Kier molecular flexibility index (Phi) is 4.34. The molecule has 21 heavy (non-hydrogen) atoms. The summed E-state index contributed by atoms with van der Waals surface area (Å²) in [5, 5.41) is 6.87. The molecule has 112 valence electrons. The number of halogens is 1. The van der Waals surface area contributed by atoms with Crippen molar-refractivity contribution >= 4 is 31.3 Å². The maximum absolute atomic E-state index is 12.1. The van der Waals surface area contributed by atoms with Gasteiger partial charge in [-0.3, -0.25) is 9.48 Å². The molecule has 8 heteroatoms. The van der Waals surface area contributed by atoms with Crippen LogP contribution in [-0.4, -0.2) is 24.1 Å². The van der Waals surface area contributed by atoms with Gasteiger partial charge < -0.3 is 5.32 Å². The summed E-state index contributed by atoms with van der Waals surface area (Å²) in [6.07, 6.45) is 0.739. The van der Waals surface area contributed by atoms with Crippen LogP contribution < -0.4 is 5.32 Å². The van der Waals surface area contributed by atoms with E-state index in [1.54, 1.807) is 13.1 Å². The van der Waals surface area contributed by atoms with Crippen molar-refractivity contribution < 1.29 is 13.2 Å². The minimum atomic E-state index is -3.76. The number of carbonyl (C=O) groups excluding carboxylic acids is 1. The molecule has 2 aromatic rings. The van der Waals surface area contributed by atoms with Gasteiger partial charge >= 0.3 is 0 Å².